The van der Waals surface area contributed by atoms with Crippen molar-refractivity contribution in [3.63, 3.8) is 0 Å². The Morgan fingerprint density at radius 1 is 1.35 bits per heavy atom. The van der Waals surface area contributed by atoms with Crippen molar-refractivity contribution in [3.05, 3.63) is 24.4 Å². The molecule has 1 aliphatic heterocycles. The molecule has 13 heteroatoms. The lowest BCUT2D eigenvalue weighted by Gasteiger charge is -2.35. The molecule has 0 aliphatic carbocycles. The number of rotatable bonds is 7. The summed E-state index contributed by atoms with van der Waals surface area (Å²) in [5.74, 6) is 0.162. The highest BCUT2D eigenvalue weighted by Gasteiger charge is 2.37. The molecule has 0 radical (unpaired) electrons. The van der Waals surface area contributed by atoms with Crippen LogP contribution < -0.4 is 25.0 Å². The minimum atomic E-state index is -4.10. The zero-order valence-corrected chi connectivity index (χ0v) is 18.1. The van der Waals surface area contributed by atoms with E-state index in [1.54, 1.807) is 7.05 Å². The molecule has 1 aliphatic rings. The fourth-order valence-corrected chi connectivity index (χ4v) is 4.79. The maximum atomic E-state index is 13.6. The Morgan fingerprint density at radius 3 is 2.71 bits per heavy atom. The van der Waals surface area contributed by atoms with Gasteiger partial charge in [0.1, 0.15) is 16.7 Å². The van der Waals surface area contributed by atoms with E-state index in [0.29, 0.717) is 6.54 Å². The summed E-state index contributed by atoms with van der Waals surface area (Å²) in [6.07, 6.45) is -0.501. The zero-order chi connectivity index (χ0) is 22.8. The summed E-state index contributed by atoms with van der Waals surface area (Å²) >= 11 is 0. The van der Waals surface area contributed by atoms with Gasteiger partial charge in [-0.15, -0.1) is 0 Å². The summed E-state index contributed by atoms with van der Waals surface area (Å²) in [6.45, 7) is 3.67. The fraction of sp³-hybridized carbons (Fsp3) is 0.389. The molecule has 0 saturated carbocycles. The first-order chi connectivity index (χ1) is 14.6. The molecule has 0 bridgehead atoms. The van der Waals surface area contributed by atoms with Crippen LogP contribution in [0.25, 0.3) is 0 Å². The average molecular weight is 452 g/mol. The van der Waals surface area contributed by atoms with Crippen molar-refractivity contribution in [2.45, 2.75) is 31.4 Å². The number of nitrogens with zero attached hydrogens (tertiary/aromatic N) is 3. The van der Waals surface area contributed by atoms with Gasteiger partial charge in [-0.05, 0) is 25.1 Å². The molecule has 0 fully saturated rings. The van der Waals surface area contributed by atoms with E-state index < -0.39 is 22.2 Å². The molecular formula is C18H24N6O6S. The Kier molecular flexibility index (Phi) is 6.24. The monoisotopic (exact) mass is 452 g/mol. The van der Waals surface area contributed by atoms with E-state index in [4.69, 9.17) is 9.84 Å². The summed E-state index contributed by atoms with van der Waals surface area (Å²) in [5.41, 5.74) is 0.366. The first kappa shape index (κ1) is 22.2. The highest BCUT2D eigenvalue weighted by atomic mass is 32.2. The van der Waals surface area contributed by atoms with Gasteiger partial charge in [0.25, 0.3) is 10.0 Å². The molecule has 2 heterocycles. The molecule has 4 N–H and O–H groups in total. The van der Waals surface area contributed by atoms with E-state index in [9.17, 15) is 18.0 Å². The summed E-state index contributed by atoms with van der Waals surface area (Å²) in [5, 5.41) is 20.9. The van der Waals surface area contributed by atoms with E-state index in [1.807, 2.05) is 6.92 Å². The lowest BCUT2D eigenvalue weighted by Crippen LogP contribution is -2.48. The van der Waals surface area contributed by atoms with Crippen molar-refractivity contribution >= 4 is 39.2 Å². The van der Waals surface area contributed by atoms with Crippen molar-refractivity contribution in [2.75, 3.05) is 35.1 Å². The molecule has 31 heavy (non-hydrogen) atoms. The van der Waals surface area contributed by atoms with Crippen molar-refractivity contribution in [3.8, 4) is 5.75 Å². The van der Waals surface area contributed by atoms with E-state index >= 15 is 0 Å². The van der Waals surface area contributed by atoms with Crippen molar-refractivity contribution < 1.29 is 27.9 Å². The number of aromatic nitrogens is 2. The first-order valence-electron chi connectivity index (χ1n) is 9.48. The van der Waals surface area contributed by atoms with Crippen molar-refractivity contribution in [1.29, 1.82) is 0 Å². The summed E-state index contributed by atoms with van der Waals surface area (Å²) < 4.78 is 35.8. The molecule has 1 aromatic heterocycles. The number of carbonyl (C=O) groups excluding carboxylic acids is 1. The Bertz CT molecular complexity index is 1100. The smallest absolute Gasteiger partial charge is 0.409 e. The molecule has 1 aromatic carbocycles. The number of sulfonamides is 1. The van der Waals surface area contributed by atoms with Gasteiger partial charge in [-0.25, -0.2) is 13.2 Å². The van der Waals surface area contributed by atoms with Crippen LogP contribution in [0.1, 0.15) is 13.8 Å². The molecule has 0 saturated heterocycles. The molecule has 168 valence electrons. The predicted octanol–water partition coefficient (Wildman–Crippen LogP) is 1.13. The number of carboxylic acid groups (broad SMARTS) is 1. The van der Waals surface area contributed by atoms with Gasteiger partial charge in [0.05, 0.1) is 18.8 Å². The number of nitrogens with one attached hydrogen (secondary N) is 3. The Balaban J connectivity index is 2.08. The predicted molar refractivity (Wildman–Crippen MR) is 113 cm³/mol. The number of aryl methyl sites for hydroxylation is 1. The molecule has 2 amide bonds. The minimum absolute atomic E-state index is 0.0282. The molecule has 1 unspecified atom stereocenters. The van der Waals surface area contributed by atoms with E-state index in [1.165, 1.54) is 36.0 Å². The lowest BCUT2D eigenvalue weighted by atomic mass is 10.2. The van der Waals surface area contributed by atoms with Crippen LogP contribution in [0.5, 0.6) is 5.75 Å². The van der Waals surface area contributed by atoms with Gasteiger partial charge in [-0.3, -0.25) is 19.1 Å². The number of amides is 2. The van der Waals surface area contributed by atoms with E-state index in [0.717, 1.165) is 4.31 Å². The van der Waals surface area contributed by atoms with Gasteiger partial charge >= 0.3 is 6.09 Å². The lowest BCUT2D eigenvalue weighted by molar-refractivity contribution is -0.119. The summed E-state index contributed by atoms with van der Waals surface area (Å²) in [6, 6.07) is 4.34. The number of benzene rings is 1. The van der Waals surface area contributed by atoms with E-state index in [2.05, 4.69) is 21.0 Å². The third kappa shape index (κ3) is 4.66. The maximum absolute atomic E-state index is 13.6. The number of anilines is 3. The van der Waals surface area contributed by atoms with Gasteiger partial charge in [-0.2, -0.15) is 5.10 Å². The second kappa shape index (κ2) is 8.71. The van der Waals surface area contributed by atoms with Gasteiger partial charge in [0.2, 0.25) is 5.91 Å². The van der Waals surface area contributed by atoms with E-state index in [-0.39, 0.29) is 46.8 Å². The number of carbonyl (C=O) groups is 2. The number of ether oxygens (including phenoxy) is 1. The first-order valence-corrected chi connectivity index (χ1v) is 10.9. The summed E-state index contributed by atoms with van der Waals surface area (Å²) in [4.78, 5) is 22.3. The minimum Gasteiger partial charge on any atom is -0.484 e. The van der Waals surface area contributed by atoms with Crippen LogP contribution in [0, 0.1) is 0 Å². The van der Waals surface area contributed by atoms with Crippen LogP contribution in [-0.2, 0) is 21.4 Å². The second-order valence-electron chi connectivity index (χ2n) is 6.77. The quantitative estimate of drug-likeness (QED) is 0.487. The fourth-order valence-electron chi connectivity index (χ4n) is 3.15. The molecule has 3 rings (SSSR count). The molecular weight excluding hydrogens is 428 g/mol. The van der Waals surface area contributed by atoms with Gasteiger partial charge in [0, 0.05) is 32.4 Å². The Hall–Kier alpha value is -3.48. The maximum Gasteiger partial charge on any atom is 0.409 e. The topological polar surface area (TPSA) is 155 Å². The molecule has 0 spiro atoms. The standard InChI is InChI=1S/C18H24N6O6S/c1-4-23-10-16(17(19-3)22-23)31(28,29)24-9-13(8-20-11(2)25)30-15-6-5-12(7-14(15)24)21-18(26)27/h5-7,10,13,21H,4,8-9H2,1-3H3,(H,19,22)(H,20,25)(H,26,27). The molecule has 1 atom stereocenters. The second-order valence-corrected chi connectivity index (χ2v) is 8.60. The molecule has 2 aromatic rings. The Labute approximate surface area is 179 Å². The van der Waals surface area contributed by atoms with Crippen molar-refractivity contribution in [2.24, 2.45) is 0 Å². The number of hydrogen-bond donors (Lipinski definition) is 4. The number of fused-ring (bicyclic) bond motifs is 1. The van der Waals surface area contributed by atoms with Crippen LogP contribution in [-0.4, -0.2) is 61.5 Å². The van der Waals surface area contributed by atoms with Crippen LogP contribution in [0.4, 0.5) is 22.0 Å². The van der Waals surface area contributed by atoms with Crippen LogP contribution in [0.2, 0.25) is 0 Å². The van der Waals surface area contributed by atoms with Crippen LogP contribution in [0.3, 0.4) is 0 Å². The highest BCUT2D eigenvalue weighted by molar-refractivity contribution is 7.93. The largest absolute Gasteiger partial charge is 0.484 e. The van der Waals surface area contributed by atoms with Gasteiger partial charge < -0.3 is 20.5 Å². The Morgan fingerprint density at radius 2 is 2.10 bits per heavy atom. The van der Waals surface area contributed by atoms with Gasteiger partial charge in [-0.1, -0.05) is 0 Å². The normalized spacial score (nSPS) is 15.6. The zero-order valence-electron chi connectivity index (χ0n) is 17.2. The van der Waals surface area contributed by atoms with Crippen molar-refractivity contribution in [1.82, 2.24) is 15.1 Å². The third-order valence-electron chi connectivity index (χ3n) is 4.58. The van der Waals surface area contributed by atoms with Gasteiger partial charge in [0.15, 0.2) is 5.82 Å². The van der Waals surface area contributed by atoms with Crippen LogP contribution in [0.15, 0.2) is 29.3 Å². The SMILES string of the molecule is CCn1cc(S(=O)(=O)N2CC(CNC(C)=O)Oc3ccc(NC(=O)O)cc32)c(NC)n1. The summed E-state index contributed by atoms with van der Waals surface area (Å²) in [7, 11) is -2.53. The van der Waals surface area contributed by atoms with Crippen LogP contribution >= 0.6 is 0 Å². The number of hydrogen-bond acceptors (Lipinski definition) is 7. The third-order valence-corrected chi connectivity index (χ3v) is 6.36. The highest BCUT2D eigenvalue weighted by Crippen LogP contribution is 2.39. The average Bonchev–Trinajstić information content (AvgIpc) is 3.15. The molecule has 12 nitrogen and oxygen atoms in total.